The van der Waals surface area contributed by atoms with Gasteiger partial charge in [-0.05, 0) is 37.3 Å². The highest BCUT2D eigenvalue weighted by atomic mass is 32.2. The van der Waals surface area contributed by atoms with E-state index in [1.54, 1.807) is 18.2 Å². The highest BCUT2D eigenvalue weighted by Crippen LogP contribution is 2.20. The minimum Gasteiger partial charge on any atom is -0.493 e. The molecule has 29 heavy (non-hydrogen) atoms. The second-order valence-corrected chi connectivity index (χ2v) is 8.21. The van der Waals surface area contributed by atoms with E-state index in [0.29, 0.717) is 23.6 Å². The van der Waals surface area contributed by atoms with Crippen LogP contribution < -0.4 is 10.1 Å². The van der Waals surface area contributed by atoms with E-state index in [9.17, 15) is 18.0 Å². The number of esters is 1. The molecule has 0 saturated carbocycles. The number of nitrogens with zero attached hydrogens (tertiary/aromatic N) is 1. The van der Waals surface area contributed by atoms with Crippen LogP contribution in [0.5, 0.6) is 5.75 Å². The highest BCUT2D eigenvalue weighted by molar-refractivity contribution is 7.89. The molecule has 0 radical (unpaired) electrons. The zero-order valence-corrected chi connectivity index (χ0v) is 17.4. The molecule has 0 unspecified atom stereocenters. The predicted molar refractivity (Wildman–Crippen MR) is 108 cm³/mol. The lowest BCUT2D eigenvalue weighted by Crippen LogP contribution is -2.33. The van der Waals surface area contributed by atoms with Crippen LogP contribution in [0, 0.1) is 0 Å². The zero-order chi connectivity index (χ0) is 21.4. The number of ether oxygens (including phenoxy) is 2. The fourth-order valence-electron chi connectivity index (χ4n) is 2.48. The molecule has 9 heteroatoms. The Balaban J connectivity index is 1.98. The number of para-hydroxylation sites is 1. The Morgan fingerprint density at radius 2 is 1.72 bits per heavy atom. The standard InChI is InChI=1S/C20H24N2O6S/c1-4-27-19-8-6-5-7-16(19)14-28-20(24)13-22(3)29(25,26)18-11-9-17(10-12-18)21-15(2)23/h5-12H,4,13-14H2,1-3H3,(H,21,23). The van der Waals surface area contributed by atoms with Gasteiger partial charge < -0.3 is 14.8 Å². The van der Waals surface area contributed by atoms with E-state index in [2.05, 4.69) is 5.32 Å². The summed E-state index contributed by atoms with van der Waals surface area (Å²) < 4.78 is 36.8. The minimum atomic E-state index is -3.88. The summed E-state index contributed by atoms with van der Waals surface area (Å²) in [6.07, 6.45) is 0. The molecule has 0 atom stereocenters. The maximum Gasteiger partial charge on any atom is 0.321 e. The molecule has 0 aliphatic carbocycles. The van der Waals surface area contributed by atoms with Gasteiger partial charge in [-0.15, -0.1) is 0 Å². The highest BCUT2D eigenvalue weighted by Gasteiger charge is 2.23. The molecule has 0 bridgehead atoms. The number of likely N-dealkylation sites (N-methyl/N-ethyl adjacent to an activating group) is 1. The van der Waals surface area contributed by atoms with E-state index in [4.69, 9.17) is 9.47 Å². The van der Waals surface area contributed by atoms with Crippen molar-refractivity contribution in [1.29, 1.82) is 0 Å². The van der Waals surface area contributed by atoms with Gasteiger partial charge >= 0.3 is 5.97 Å². The van der Waals surface area contributed by atoms with Crippen LogP contribution in [-0.4, -0.2) is 44.8 Å². The number of carbonyl (C=O) groups excluding carboxylic acids is 2. The van der Waals surface area contributed by atoms with Gasteiger partial charge in [0.1, 0.15) is 18.9 Å². The molecule has 2 aromatic carbocycles. The molecule has 8 nitrogen and oxygen atoms in total. The van der Waals surface area contributed by atoms with E-state index < -0.39 is 22.5 Å². The average Bonchev–Trinajstić information content (AvgIpc) is 2.67. The van der Waals surface area contributed by atoms with Crippen LogP contribution in [0.2, 0.25) is 0 Å². The Morgan fingerprint density at radius 1 is 1.07 bits per heavy atom. The van der Waals surface area contributed by atoms with Gasteiger partial charge in [-0.3, -0.25) is 9.59 Å². The van der Waals surface area contributed by atoms with Crippen LogP contribution in [0.3, 0.4) is 0 Å². The summed E-state index contributed by atoms with van der Waals surface area (Å²) >= 11 is 0. The van der Waals surface area contributed by atoms with E-state index in [1.165, 1.54) is 38.2 Å². The second-order valence-electron chi connectivity index (χ2n) is 6.17. The number of hydrogen-bond acceptors (Lipinski definition) is 6. The van der Waals surface area contributed by atoms with Crippen LogP contribution >= 0.6 is 0 Å². The predicted octanol–water partition coefficient (Wildman–Crippen LogP) is 2.41. The Labute approximate surface area is 170 Å². The van der Waals surface area contributed by atoms with Crippen molar-refractivity contribution < 1.29 is 27.5 Å². The largest absolute Gasteiger partial charge is 0.493 e. The quantitative estimate of drug-likeness (QED) is 0.625. The third-order valence-corrected chi connectivity index (χ3v) is 5.71. The van der Waals surface area contributed by atoms with Gasteiger partial charge in [0.25, 0.3) is 0 Å². The molecule has 0 spiro atoms. The number of sulfonamides is 1. The Morgan fingerprint density at radius 3 is 2.34 bits per heavy atom. The maximum atomic E-state index is 12.6. The first-order valence-corrected chi connectivity index (χ1v) is 10.4. The van der Waals surface area contributed by atoms with E-state index in [-0.39, 0.29) is 17.4 Å². The van der Waals surface area contributed by atoms with Crippen LogP contribution in [0.15, 0.2) is 53.4 Å². The molecule has 0 aliphatic rings. The van der Waals surface area contributed by atoms with Crippen LogP contribution in [0.1, 0.15) is 19.4 Å². The Hall–Kier alpha value is -2.91. The molecule has 2 aromatic rings. The Kier molecular flexibility index (Phi) is 7.74. The topological polar surface area (TPSA) is 102 Å². The lowest BCUT2D eigenvalue weighted by Gasteiger charge is -2.17. The molecule has 156 valence electrons. The van der Waals surface area contributed by atoms with Crippen molar-refractivity contribution in [2.75, 3.05) is 25.5 Å². The van der Waals surface area contributed by atoms with Crippen molar-refractivity contribution in [2.24, 2.45) is 0 Å². The van der Waals surface area contributed by atoms with Gasteiger partial charge in [-0.2, -0.15) is 4.31 Å². The first-order valence-electron chi connectivity index (χ1n) is 8.94. The third kappa shape index (κ3) is 6.30. The molecular weight excluding hydrogens is 396 g/mol. The number of rotatable bonds is 9. The summed E-state index contributed by atoms with van der Waals surface area (Å²) in [5.74, 6) is -0.327. The number of amides is 1. The fourth-order valence-corrected chi connectivity index (χ4v) is 3.60. The summed E-state index contributed by atoms with van der Waals surface area (Å²) in [5, 5.41) is 2.56. The molecule has 0 heterocycles. The molecule has 1 amide bonds. The summed E-state index contributed by atoms with van der Waals surface area (Å²) in [5.41, 5.74) is 1.17. The summed E-state index contributed by atoms with van der Waals surface area (Å²) in [6.45, 7) is 3.23. The summed E-state index contributed by atoms with van der Waals surface area (Å²) in [7, 11) is -2.59. The summed E-state index contributed by atoms with van der Waals surface area (Å²) in [6, 6.07) is 12.8. The zero-order valence-electron chi connectivity index (χ0n) is 16.5. The Bertz CT molecular complexity index is 957. The van der Waals surface area contributed by atoms with Gasteiger partial charge in [0.15, 0.2) is 0 Å². The number of carbonyl (C=O) groups is 2. The lowest BCUT2D eigenvalue weighted by molar-refractivity contribution is -0.145. The molecular formula is C20H24N2O6S. The van der Waals surface area contributed by atoms with Gasteiger partial charge in [0, 0.05) is 25.2 Å². The van der Waals surface area contributed by atoms with Gasteiger partial charge in [-0.25, -0.2) is 8.42 Å². The first kappa shape index (κ1) is 22.4. The number of benzene rings is 2. The van der Waals surface area contributed by atoms with Gasteiger partial charge in [0.05, 0.1) is 11.5 Å². The SMILES string of the molecule is CCOc1ccccc1COC(=O)CN(C)S(=O)(=O)c1ccc(NC(C)=O)cc1. The van der Waals surface area contributed by atoms with Crippen LogP contribution in [0.25, 0.3) is 0 Å². The van der Waals surface area contributed by atoms with Crippen molar-refractivity contribution in [3.05, 3.63) is 54.1 Å². The summed E-state index contributed by atoms with van der Waals surface area (Å²) in [4.78, 5) is 23.2. The fraction of sp³-hybridized carbons (Fsp3) is 0.300. The average molecular weight is 420 g/mol. The van der Waals surface area contributed by atoms with Crippen molar-refractivity contribution >= 4 is 27.6 Å². The van der Waals surface area contributed by atoms with Crippen molar-refractivity contribution in [3.63, 3.8) is 0 Å². The molecule has 0 saturated heterocycles. The third-order valence-electron chi connectivity index (χ3n) is 3.90. The number of hydrogen-bond donors (Lipinski definition) is 1. The number of nitrogens with one attached hydrogen (secondary N) is 1. The molecule has 2 rings (SSSR count). The van der Waals surface area contributed by atoms with E-state index in [1.807, 2.05) is 13.0 Å². The molecule has 1 N–H and O–H groups in total. The van der Waals surface area contributed by atoms with Gasteiger partial charge in [0.2, 0.25) is 15.9 Å². The lowest BCUT2D eigenvalue weighted by atomic mass is 10.2. The van der Waals surface area contributed by atoms with Crippen molar-refractivity contribution in [2.45, 2.75) is 25.3 Å². The minimum absolute atomic E-state index is 0.00333. The second kappa shape index (κ2) is 10.0. The smallest absolute Gasteiger partial charge is 0.321 e. The van der Waals surface area contributed by atoms with Crippen molar-refractivity contribution in [1.82, 2.24) is 4.31 Å². The monoisotopic (exact) mass is 420 g/mol. The number of anilines is 1. The van der Waals surface area contributed by atoms with Crippen LogP contribution in [-0.2, 0) is 31.0 Å². The van der Waals surface area contributed by atoms with Crippen LogP contribution in [0.4, 0.5) is 5.69 Å². The maximum absolute atomic E-state index is 12.6. The molecule has 0 aliphatic heterocycles. The molecule has 0 aromatic heterocycles. The van der Waals surface area contributed by atoms with E-state index in [0.717, 1.165) is 4.31 Å². The normalized spacial score (nSPS) is 11.2. The van der Waals surface area contributed by atoms with Gasteiger partial charge in [-0.1, -0.05) is 18.2 Å². The first-order chi connectivity index (χ1) is 13.7. The van der Waals surface area contributed by atoms with Crippen molar-refractivity contribution in [3.8, 4) is 5.75 Å². The van der Waals surface area contributed by atoms with E-state index >= 15 is 0 Å². The molecule has 0 fully saturated rings.